The molecule has 0 aliphatic rings. The Balaban J connectivity index is 2.23. The van der Waals surface area contributed by atoms with Crippen molar-refractivity contribution in [3.8, 4) is 5.75 Å². The summed E-state index contributed by atoms with van der Waals surface area (Å²) in [5.41, 5.74) is 2.11. The molecule has 0 bridgehead atoms. The molecule has 0 radical (unpaired) electrons. The molecule has 18 heavy (non-hydrogen) atoms. The fourth-order valence-corrected chi connectivity index (χ4v) is 1.73. The van der Waals surface area contributed by atoms with Gasteiger partial charge in [-0.15, -0.1) is 0 Å². The first-order valence-electron chi connectivity index (χ1n) is 6.27. The molecule has 0 aromatic heterocycles. The van der Waals surface area contributed by atoms with Crippen molar-refractivity contribution >= 4 is 11.6 Å². The zero-order chi connectivity index (χ0) is 13.4. The Kier molecular flexibility index (Phi) is 7.09. The van der Waals surface area contributed by atoms with Gasteiger partial charge in [0.05, 0.1) is 13.2 Å². The first kappa shape index (κ1) is 15.3. The third-order valence-electron chi connectivity index (χ3n) is 2.61. The Morgan fingerprint density at radius 3 is 2.39 bits per heavy atom. The number of hydrogen-bond acceptors (Lipinski definition) is 3. The van der Waals surface area contributed by atoms with Crippen LogP contribution in [0.1, 0.15) is 17.5 Å². The molecule has 0 spiro atoms. The van der Waals surface area contributed by atoms with Gasteiger partial charge in [0.25, 0.3) is 0 Å². The highest BCUT2D eigenvalue weighted by molar-refractivity contribution is 6.32. The van der Waals surface area contributed by atoms with Gasteiger partial charge in [-0.1, -0.05) is 11.6 Å². The van der Waals surface area contributed by atoms with Crippen molar-refractivity contribution in [2.24, 2.45) is 0 Å². The van der Waals surface area contributed by atoms with E-state index in [0.717, 1.165) is 48.1 Å². The van der Waals surface area contributed by atoms with Gasteiger partial charge in [-0.25, -0.2) is 0 Å². The molecule has 1 rings (SSSR count). The third kappa shape index (κ3) is 5.25. The van der Waals surface area contributed by atoms with E-state index in [0.29, 0.717) is 6.61 Å². The summed E-state index contributed by atoms with van der Waals surface area (Å²) in [7, 11) is 1.91. The Morgan fingerprint density at radius 1 is 1.11 bits per heavy atom. The maximum absolute atomic E-state index is 6.10. The van der Waals surface area contributed by atoms with E-state index in [1.165, 1.54) is 0 Å². The predicted molar refractivity (Wildman–Crippen MR) is 75.8 cm³/mol. The van der Waals surface area contributed by atoms with Gasteiger partial charge in [-0.3, -0.25) is 0 Å². The lowest BCUT2D eigenvalue weighted by Crippen LogP contribution is -2.15. The van der Waals surface area contributed by atoms with Gasteiger partial charge in [-0.2, -0.15) is 0 Å². The van der Waals surface area contributed by atoms with Crippen LogP contribution < -0.4 is 10.1 Å². The molecule has 0 amide bonds. The van der Waals surface area contributed by atoms with Crippen LogP contribution in [0.4, 0.5) is 0 Å². The quantitative estimate of drug-likeness (QED) is 0.738. The monoisotopic (exact) mass is 271 g/mol. The summed E-state index contributed by atoms with van der Waals surface area (Å²) < 4.78 is 11.1. The second-order valence-electron chi connectivity index (χ2n) is 4.29. The van der Waals surface area contributed by atoms with Crippen LogP contribution in [0, 0.1) is 13.8 Å². The highest BCUT2D eigenvalue weighted by atomic mass is 35.5. The van der Waals surface area contributed by atoms with Crippen molar-refractivity contribution in [3.63, 3.8) is 0 Å². The van der Waals surface area contributed by atoms with E-state index in [4.69, 9.17) is 21.1 Å². The lowest BCUT2D eigenvalue weighted by atomic mass is 10.1. The summed E-state index contributed by atoms with van der Waals surface area (Å²) in [6.07, 6.45) is 0.893. The summed E-state index contributed by atoms with van der Waals surface area (Å²) in [6.45, 7) is 7.01. The number of likely N-dealkylation sites (N-methyl/N-ethyl adjacent to an activating group) is 1. The average Bonchev–Trinajstić information content (AvgIpc) is 2.34. The summed E-state index contributed by atoms with van der Waals surface area (Å²) in [6, 6.07) is 3.94. The van der Waals surface area contributed by atoms with Crippen molar-refractivity contribution in [1.29, 1.82) is 0 Å². The molecule has 102 valence electrons. The first-order valence-corrected chi connectivity index (χ1v) is 6.65. The molecule has 0 saturated heterocycles. The normalized spacial score (nSPS) is 10.7. The van der Waals surface area contributed by atoms with E-state index in [-0.39, 0.29) is 0 Å². The molecule has 0 unspecified atom stereocenters. The molecule has 4 heteroatoms. The smallest absolute Gasteiger partial charge is 0.119 e. The van der Waals surface area contributed by atoms with E-state index in [2.05, 4.69) is 5.32 Å². The SMILES string of the molecule is CNCCOCCCOc1cc(C)c(Cl)c(C)c1. The van der Waals surface area contributed by atoms with Crippen molar-refractivity contribution in [2.45, 2.75) is 20.3 Å². The number of rotatable bonds is 8. The van der Waals surface area contributed by atoms with Crippen LogP contribution in [-0.2, 0) is 4.74 Å². The zero-order valence-corrected chi connectivity index (χ0v) is 12.1. The van der Waals surface area contributed by atoms with Gasteiger partial charge in [0.15, 0.2) is 0 Å². The molecule has 0 aliphatic carbocycles. The van der Waals surface area contributed by atoms with Crippen LogP contribution >= 0.6 is 11.6 Å². The Hall–Kier alpha value is -0.770. The van der Waals surface area contributed by atoms with Gasteiger partial charge in [0.1, 0.15) is 5.75 Å². The topological polar surface area (TPSA) is 30.5 Å². The molecule has 1 aromatic rings. The molecule has 0 fully saturated rings. The number of ether oxygens (including phenoxy) is 2. The predicted octanol–water partition coefficient (Wildman–Crippen LogP) is 2.96. The number of benzene rings is 1. The molecule has 0 aliphatic heterocycles. The van der Waals surface area contributed by atoms with Gasteiger partial charge in [0.2, 0.25) is 0 Å². The molecular weight excluding hydrogens is 250 g/mol. The number of nitrogens with one attached hydrogen (secondary N) is 1. The second-order valence-corrected chi connectivity index (χ2v) is 4.67. The maximum Gasteiger partial charge on any atom is 0.119 e. The van der Waals surface area contributed by atoms with Crippen LogP contribution in [0.15, 0.2) is 12.1 Å². The molecule has 1 N–H and O–H groups in total. The van der Waals surface area contributed by atoms with E-state index in [9.17, 15) is 0 Å². The highest BCUT2D eigenvalue weighted by Crippen LogP contribution is 2.25. The zero-order valence-electron chi connectivity index (χ0n) is 11.4. The summed E-state index contributed by atoms with van der Waals surface area (Å²) in [4.78, 5) is 0. The van der Waals surface area contributed by atoms with Crippen molar-refractivity contribution in [3.05, 3.63) is 28.3 Å². The summed E-state index contributed by atoms with van der Waals surface area (Å²) >= 11 is 6.10. The van der Waals surface area contributed by atoms with Crippen LogP contribution in [0.5, 0.6) is 5.75 Å². The minimum absolute atomic E-state index is 0.667. The summed E-state index contributed by atoms with van der Waals surface area (Å²) in [5.74, 6) is 0.879. The molecule has 1 aromatic carbocycles. The van der Waals surface area contributed by atoms with Crippen LogP contribution in [0.2, 0.25) is 5.02 Å². The standard InChI is InChI=1S/C14H22ClNO2/c1-11-9-13(10-12(2)14(11)15)18-7-4-6-17-8-5-16-3/h9-10,16H,4-8H2,1-3H3. The van der Waals surface area contributed by atoms with Crippen molar-refractivity contribution in [1.82, 2.24) is 5.32 Å². The lowest BCUT2D eigenvalue weighted by Gasteiger charge is -2.10. The van der Waals surface area contributed by atoms with Crippen LogP contribution in [0.3, 0.4) is 0 Å². The van der Waals surface area contributed by atoms with E-state index in [1.54, 1.807) is 0 Å². The second kappa shape index (κ2) is 8.35. The van der Waals surface area contributed by atoms with Crippen molar-refractivity contribution < 1.29 is 9.47 Å². The van der Waals surface area contributed by atoms with Crippen LogP contribution in [-0.4, -0.2) is 33.4 Å². The number of aryl methyl sites for hydroxylation is 2. The number of halogens is 1. The Labute approximate surface area is 114 Å². The molecule has 0 atom stereocenters. The lowest BCUT2D eigenvalue weighted by molar-refractivity contribution is 0.122. The van der Waals surface area contributed by atoms with Gasteiger partial charge >= 0.3 is 0 Å². The molecule has 0 heterocycles. The highest BCUT2D eigenvalue weighted by Gasteiger charge is 2.03. The molecule has 3 nitrogen and oxygen atoms in total. The number of hydrogen-bond donors (Lipinski definition) is 1. The average molecular weight is 272 g/mol. The minimum atomic E-state index is 0.667. The molecule has 0 saturated carbocycles. The third-order valence-corrected chi connectivity index (χ3v) is 3.20. The molecular formula is C14H22ClNO2. The van der Waals surface area contributed by atoms with E-state index < -0.39 is 0 Å². The van der Waals surface area contributed by atoms with E-state index in [1.807, 2.05) is 33.0 Å². The largest absolute Gasteiger partial charge is 0.493 e. The van der Waals surface area contributed by atoms with Crippen LogP contribution in [0.25, 0.3) is 0 Å². The fourth-order valence-electron chi connectivity index (χ4n) is 1.62. The van der Waals surface area contributed by atoms with Gasteiger partial charge < -0.3 is 14.8 Å². The van der Waals surface area contributed by atoms with Crippen molar-refractivity contribution in [2.75, 3.05) is 33.4 Å². The summed E-state index contributed by atoms with van der Waals surface area (Å²) in [5, 5.41) is 3.85. The first-order chi connectivity index (χ1) is 8.65. The Morgan fingerprint density at radius 2 is 1.78 bits per heavy atom. The minimum Gasteiger partial charge on any atom is -0.493 e. The Bertz CT molecular complexity index is 346. The van der Waals surface area contributed by atoms with E-state index >= 15 is 0 Å². The van der Waals surface area contributed by atoms with Gasteiger partial charge in [0, 0.05) is 24.6 Å². The fraction of sp³-hybridized carbons (Fsp3) is 0.571. The maximum atomic E-state index is 6.10. The van der Waals surface area contributed by atoms with Gasteiger partial charge in [-0.05, 0) is 44.2 Å².